The number of thiocarbonyl (C=S) groups is 1. The Balaban J connectivity index is 1.85. The summed E-state index contributed by atoms with van der Waals surface area (Å²) in [6, 6.07) is 1.94. The summed E-state index contributed by atoms with van der Waals surface area (Å²) in [6.45, 7) is 2.96. The first-order valence-electron chi connectivity index (χ1n) is 7.17. The molecular weight excluding hydrogens is 254 g/mol. The third-order valence-electron chi connectivity index (χ3n) is 3.96. The fourth-order valence-corrected chi connectivity index (χ4v) is 3.16. The number of hydrogen-bond donors (Lipinski definition) is 2. The van der Waals surface area contributed by atoms with Gasteiger partial charge in [-0.15, -0.1) is 0 Å². The number of pyridine rings is 1. The van der Waals surface area contributed by atoms with Crippen LogP contribution in [0.1, 0.15) is 49.7 Å². The van der Waals surface area contributed by atoms with Gasteiger partial charge in [-0.05, 0) is 37.3 Å². The van der Waals surface area contributed by atoms with Crippen molar-refractivity contribution < 1.29 is 0 Å². The van der Waals surface area contributed by atoms with Gasteiger partial charge in [0.05, 0.1) is 5.56 Å². The lowest BCUT2D eigenvalue weighted by Crippen LogP contribution is -2.16. The molecule has 1 aromatic heterocycles. The molecule has 1 aliphatic rings. The van der Waals surface area contributed by atoms with Crippen molar-refractivity contribution in [3.05, 3.63) is 23.4 Å². The van der Waals surface area contributed by atoms with Gasteiger partial charge in [0.2, 0.25) is 0 Å². The second-order valence-electron chi connectivity index (χ2n) is 5.44. The highest BCUT2D eigenvalue weighted by molar-refractivity contribution is 7.80. The van der Waals surface area contributed by atoms with Crippen molar-refractivity contribution in [2.75, 3.05) is 11.9 Å². The molecule has 3 nitrogen and oxygen atoms in total. The fourth-order valence-electron chi connectivity index (χ4n) is 2.90. The molecule has 0 unspecified atom stereocenters. The Morgan fingerprint density at radius 1 is 1.47 bits per heavy atom. The highest BCUT2D eigenvalue weighted by Crippen LogP contribution is 2.28. The van der Waals surface area contributed by atoms with Gasteiger partial charge in [0.25, 0.3) is 0 Å². The van der Waals surface area contributed by atoms with Crippen LogP contribution in [0.5, 0.6) is 0 Å². The molecule has 1 heterocycles. The first-order chi connectivity index (χ1) is 9.18. The third-order valence-corrected chi connectivity index (χ3v) is 4.17. The van der Waals surface area contributed by atoms with Crippen LogP contribution in [0.15, 0.2) is 12.3 Å². The predicted octanol–water partition coefficient (Wildman–Crippen LogP) is 3.41. The van der Waals surface area contributed by atoms with Crippen LogP contribution in [-0.2, 0) is 0 Å². The molecule has 1 saturated carbocycles. The largest absolute Gasteiger partial charge is 0.389 e. The maximum Gasteiger partial charge on any atom is 0.136 e. The van der Waals surface area contributed by atoms with Crippen LogP contribution in [0.25, 0.3) is 0 Å². The zero-order valence-electron chi connectivity index (χ0n) is 11.6. The number of aryl methyl sites for hydroxylation is 1. The van der Waals surface area contributed by atoms with E-state index in [9.17, 15) is 0 Å². The summed E-state index contributed by atoms with van der Waals surface area (Å²) in [4.78, 5) is 4.77. The van der Waals surface area contributed by atoms with Gasteiger partial charge in [-0.1, -0.05) is 37.9 Å². The van der Waals surface area contributed by atoms with Crippen molar-refractivity contribution in [1.29, 1.82) is 0 Å². The quantitative estimate of drug-likeness (QED) is 0.618. The van der Waals surface area contributed by atoms with Crippen molar-refractivity contribution in [1.82, 2.24) is 4.98 Å². The van der Waals surface area contributed by atoms with Gasteiger partial charge in [0.15, 0.2) is 0 Å². The standard InChI is InChI=1S/C15H23N3S/c1-11-8-10-18-15(13(11)14(16)19)17-9-4-7-12-5-2-3-6-12/h8,10,12H,2-7,9H2,1H3,(H2,16,19)(H,17,18). The smallest absolute Gasteiger partial charge is 0.136 e. The van der Waals surface area contributed by atoms with Crippen LogP contribution in [0.2, 0.25) is 0 Å². The molecule has 0 bridgehead atoms. The SMILES string of the molecule is Cc1ccnc(NCCCC2CCCC2)c1C(N)=S. The molecule has 1 aromatic rings. The van der Waals surface area contributed by atoms with Gasteiger partial charge in [0, 0.05) is 12.7 Å². The molecular formula is C15H23N3S. The Kier molecular flexibility index (Phi) is 5.14. The number of nitrogens with one attached hydrogen (secondary N) is 1. The summed E-state index contributed by atoms with van der Waals surface area (Å²) >= 11 is 5.10. The number of anilines is 1. The van der Waals surface area contributed by atoms with Gasteiger partial charge in [-0.2, -0.15) is 0 Å². The molecule has 3 N–H and O–H groups in total. The lowest BCUT2D eigenvalue weighted by molar-refractivity contribution is 0.491. The Morgan fingerprint density at radius 3 is 2.89 bits per heavy atom. The number of nitrogens with two attached hydrogens (primary N) is 1. The number of aromatic nitrogens is 1. The molecule has 0 spiro atoms. The Morgan fingerprint density at radius 2 is 2.21 bits per heavy atom. The average molecular weight is 277 g/mol. The van der Waals surface area contributed by atoms with E-state index in [2.05, 4.69) is 10.3 Å². The minimum absolute atomic E-state index is 0.420. The fraction of sp³-hybridized carbons (Fsp3) is 0.600. The molecule has 104 valence electrons. The third kappa shape index (κ3) is 3.90. The zero-order chi connectivity index (χ0) is 13.7. The highest BCUT2D eigenvalue weighted by atomic mass is 32.1. The van der Waals surface area contributed by atoms with Gasteiger partial charge in [-0.25, -0.2) is 4.98 Å². The van der Waals surface area contributed by atoms with Crippen LogP contribution >= 0.6 is 12.2 Å². The summed E-state index contributed by atoms with van der Waals surface area (Å²) < 4.78 is 0. The Labute approximate surface area is 121 Å². The Hall–Kier alpha value is -1.16. The Bertz CT molecular complexity index is 439. The molecule has 0 amide bonds. The van der Waals surface area contributed by atoms with E-state index in [1.807, 2.05) is 13.0 Å². The second kappa shape index (κ2) is 6.85. The normalized spacial score (nSPS) is 15.6. The lowest BCUT2D eigenvalue weighted by atomic mass is 10.0. The predicted molar refractivity (Wildman–Crippen MR) is 84.5 cm³/mol. The molecule has 0 radical (unpaired) electrons. The first kappa shape index (κ1) is 14.3. The van der Waals surface area contributed by atoms with E-state index in [0.717, 1.165) is 29.4 Å². The van der Waals surface area contributed by atoms with Gasteiger partial charge >= 0.3 is 0 Å². The topological polar surface area (TPSA) is 50.9 Å². The van der Waals surface area contributed by atoms with Crippen molar-refractivity contribution in [2.24, 2.45) is 11.7 Å². The molecule has 0 aliphatic heterocycles. The molecule has 19 heavy (non-hydrogen) atoms. The molecule has 2 rings (SSSR count). The second-order valence-corrected chi connectivity index (χ2v) is 5.88. The highest BCUT2D eigenvalue weighted by Gasteiger charge is 2.14. The molecule has 1 fully saturated rings. The van der Waals surface area contributed by atoms with Crippen molar-refractivity contribution in [3.8, 4) is 0 Å². The van der Waals surface area contributed by atoms with Crippen molar-refractivity contribution in [3.63, 3.8) is 0 Å². The van der Waals surface area contributed by atoms with Crippen LogP contribution in [0.3, 0.4) is 0 Å². The molecule has 0 atom stereocenters. The zero-order valence-corrected chi connectivity index (χ0v) is 12.4. The number of nitrogens with zero attached hydrogens (tertiary/aromatic N) is 1. The molecule has 1 aliphatic carbocycles. The number of hydrogen-bond acceptors (Lipinski definition) is 3. The van der Waals surface area contributed by atoms with E-state index in [0.29, 0.717) is 4.99 Å². The van der Waals surface area contributed by atoms with E-state index in [1.165, 1.54) is 38.5 Å². The van der Waals surface area contributed by atoms with Crippen molar-refractivity contribution >= 4 is 23.0 Å². The number of rotatable bonds is 6. The molecule has 0 saturated heterocycles. The summed E-state index contributed by atoms with van der Waals surface area (Å²) in [7, 11) is 0. The van der Waals surface area contributed by atoms with Crippen molar-refractivity contribution in [2.45, 2.75) is 45.4 Å². The van der Waals surface area contributed by atoms with Gasteiger partial charge in [-0.3, -0.25) is 0 Å². The monoisotopic (exact) mass is 277 g/mol. The van der Waals surface area contributed by atoms with Crippen LogP contribution in [-0.4, -0.2) is 16.5 Å². The van der Waals surface area contributed by atoms with E-state index >= 15 is 0 Å². The maximum atomic E-state index is 5.77. The summed E-state index contributed by atoms with van der Waals surface area (Å²) in [5, 5.41) is 3.38. The van der Waals surface area contributed by atoms with E-state index in [-0.39, 0.29) is 0 Å². The van der Waals surface area contributed by atoms with Gasteiger partial charge in [0.1, 0.15) is 10.8 Å². The van der Waals surface area contributed by atoms with E-state index in [1.54, 1.807) is 6.20 Å². The summed E-state index contributed by atoms with van der Waals surface area (Å²) in [5.41, 5.74) is 7.74. The van der Waals surface area contributed by atoms with Gasteiger partial charge < -0.3 is 11.1 Å². The summed E-state index contributed by atoms with van der Waals surface area (Å²) in [5.74, 6) is 1.78. The minimum atomic E-state index is 0.420. The average Bonchev–Trinajstić information content (AvgIpc) is 2.87. The van der Waals surface area contributed by atoms with Crippen LogP contribution in [0.4, 0.5) is 5.82 Å². The first-order valence-corrected chi connectivity index (χ1v) is 7.58. The maximum absolute atomic E-state index is 5.77. The van der Waals surface area contributed by atoms with E-state index < -0.39 is 0 Å². The minimum Gasteiger partial charge on any atom is -0.389 e. The van der Waals surface area contributed by atoms with E-state index in [4.69, 9.17) is 18.0 Å². The lowest BCUT2D eigenvalue weighted by Gasteiger charge is -2.13. The summed E-state index contributed by atoms with van der Waals surface area (Å²) in [6.07, 6.45) is 9.99. The van der Waals surface area contributed by atoms with Crippen LogP contribution < -0.4 is 11.1 Å². The van der Waals surface area contributed by atoms with Crippen LogP contribution in [0, 0.1) is 12.8 Å². The molecule has 0 aromatic carbocycles. The molecule has 4 heteroatoms.